The van der Waals surface area contributed by atoms with Crippen LogP contribution in [0.25, 0.3) is 0 Å². The molecule has 1 aliphatic rings. The van der Waals surface area contributed by atoms with Crippen molar-refractivity contribution >= 4 is 6.01 Å². The largest absolute Gasteiger partial charge is 0.432 e. The van der Waals surface area contributed by atoms with Gasteiger partial charge in [-0.2, -0.15) is 4.98 Å². The highest BCUT2D eigenvalue weighted by Crippen LogP contribution is 2.24. The highest BCUT2D eigenvalue weighted by atomic mass is 16.4. The van der Waals surface area contributed by atoms with Crippen LogP contribution in [0.4, 0.5) is 6.01 Å². The average molecular weight is 181 g/mol. The van der Waals surface area contributed by atoms with Crippen molar-refractivity contribution in [2.45, 2.75) is 32.4 Å². The summed E-state index contributed by atoms with van der Waals surface area (Å²) in [5.41, 5.74) is 6.28. The first kappa shape index (κ1) is 8.56. The smallest absolute Gasteiger partial charge is 0.297 e. The number of aromatic nitrogens is 1. The molecule has 2 N–H and O–H groups in total. The first-order valence-corrected chi connectivity index (χ1v) is 4.72. The molecule has 2 heterocycles. The molecule has 13 heavy (non-hydrogen) atoms. The van der Waals surface area contributed by atoms with Gasteiger partial charge in [-0.25, -0.2) is 0 Å². The van der Waals surface area contributed by atoms with E-state index in [0.717, 1.165) is 18.3 Å². The van der Waals surface area contributed by atoms with E-state index >= 15 is 0 Å². The van der Waals surface area contributed by atoms with Crippen LogP contribution < -0.4 is 10.6 Å². The molecule has 0 spiro atoms. The molecule has 0 saturated carbocycles. The number of anilines is 1. The molecule has 1 unspecified atom stereocenters. The second-order valence-electron chi connectivity index (χ2n) is 3.51. The molecule has 0 amide bonds. The zero-order chi connectivity index (χ0) is 9.26. The lowest BCUT2D eigenvalue weighted by Crippen LogP contribution is -2.26. The van der Waals surface area contributed by atoms with Crippen LogP contribution in [0.3, 0.4) is 0 Å². The highest BCUT2D eigenvalue weighted by Gasteiger charge is 2.23. The summed E-state index contributed by atoms with van der Waals surface area (Å²) in [6.45, 7) is 3.69. The predicted octanol–water partition coefficient (Wildman–Crippen LogP) is 1.12. The third-order valence-electron chi connectivity index (χ3n) is 2.55. The molecule has 0 aromatic carbocycles. The number of rotatable bonds is 2. The normalized spacial score (nSPS) is 22.6. The van der Waals surface area contributed by atoms with Gasteiger partial charge in [0, 0.05) is 19.1 Å². The molecule has 2 rings (SSSR count). The van der Waals surface area contributed by atoms with Gasteiger partial charge in [0.25, 0.3) is 6.01 Å². The van der Waals surface area contributed by atoms with Crippen molar-refractivity contribution in [3.05, 3.63) is 12.0 Å². The maximum Gasteiger partial charge on any atom is 0.297 e. The molecule has 0 radical (unpaired) electrons. The molecule has 1 aromatic rings. The van der Waals surface area contributed by atoms with E-state index in [1.54, 1.807) is 6.26 Å². The van der Waals surface area contributed by atoms with Crippen molar-refractivity contribution in [1.29, 1.82) is 0 Å². The van der Waals surface area contributed by atoms with Crippen LogP contribution in [0.1, 0.15) is 25.5 Å². The lowest BCUT2D eigenvalue weighted by molar-refractivity contribution is 0.529. The van der Waals surface area contributed by atoms with Crippen LogP contribution in [0.15, 0.2) is 10.7 Å². The fraction of sp³-hybridized carbons (Fsp3) is 0.667. The minimum Gasteiger partial charge on any atom is -0.432 e. The third-order valence-corrected chi connectivity index (χ3v) is 2.55. The van der Waals surface area contributed by atoms with E-state index in [1.807, 2.05) is 0 Å². The van der Waals surface area contributed by atoms with Gasteiger partial charge in [0.15, 0.2) is 0 Å². The van der Waals surface area contributed by atoms with Crippen molar-refractivity contribution in [1.82, 2.24) is 4.98 Å². The minimum atomic E-state index is 0.450. The summed E-state index contributed by atoms with van der Waals surface area (Å²) in [6.07, 6.45) is 4.09. The Morgan fingerprint density at radius 1 is 1.77 bits per heavy atom. The number of nitrogens with zero attached hydrogens (tertiary/aromatic N) is 2. The van der Waals surface area contributed by atoms with Gasteiger partial charge in [0.2, 0.25) is 0 Å². The second-order valence-corrected chi connectivity index (χ2v) is 3.51. The van der Waals surface area contributed by atoms with Crippen molar-refractivity contribution in [3.8, 4) is 0 Å². The topological polar surface area (TPSA) is 55.3 Å². The summed E-state index contributed by atoms with van der Waals surface area (Å²) in [5, 5.41) is 0. The first-order valence-electron chi connectivity index (χ1n) is 4.72. The monoisotopic (exact) mass is 181 g/mol. The Labute approximate surface area is 77.7 Å². The molecule has 1 atom stereocenters. The van der Waals surface area contributed by atoms with E-state index in [9.17, 15) is 0 Å². The first-order chi connectivity index (χ1) is 6.31. The maximum absolute atomic E-state index is 5.46. The molecule has 1 fully saturated rings. The standard InChI is InChI=1S/C9H15N3O/c1-7-3-2-4-12(7)9-11-8(5-10)6-13-9/h6-7H,2-5,10H2,1H3. The molecule has 0 bridgehead atoms. The summed E-state index contributed by atoms with van der Waals surface area (Å²) < 4.78 is 5.34. The molecule has 1 aliphatic heterocycles. The molecule has 4 heteroatoms. The van der Waals surface area contributed by atoms with Gasteiger partial charge in [-0.3, -0.25) is 0 Å². The zero-order valence-corrected chi connectivity index (χ0v) is 7.86. The lowest BCUT2D eigenvalue weighted by atomic mass is 10.2. The van der Waals surface area contributed by atoms with Crippen LogP contribution in [0.5, 0.6) is 0 Å². The molecule has 1 saturated heterocycles. The summed E-state index contributed by atoms with van der Waals surface area (Å²) in [7, 11) is 0. The molecule has 72 valence electrons. The van der Waals surface area contributed by atoms with Crippen LogP contribution in [0.2, 0.25) is 0 Å². The van der Waals surface area contributed by atoms with Crippen LogP contribution in [-0.4, -0.2) is 17.6 Å². The summed E-state index contributed by atoms with van der Waals surface area (Å²) in [4.78, 5) is 6.49. The number of oxazole rings is 1. The Hall–Kier alpha value is -1.03. The van der Waals surface area contributed by atoms with Gasteiger partial charge in [0.1, 0.15) is 6.26 Å². The van der Waals surface area contributed by atoms with E-state index in [1.165, 1.54) is 12.8 Å². The summed E-state index contributed by atoms with van der Waals surface area (Å²) >= 11 is 0. The van der Waals surface area contributed by atoms with Gasteiger partial charge in [-0.1, -0.05) is 0 Å². The zero-order valence-electron chi connectivity index (χ0n) is 7.86. The quantitative estimate of drug-likeness (QED) is 0.742. The fourth-order valence-corrected chi connectivity index (χ4v) is 1.74. The van der Waals surface area contributed by atoms with E-state index in [0.29, 0.717) is 12.6 Å². The van der Waals surface area contributed by atoms with Crippen LogP contribution in [-0.2, 0) is 6.54 Å². The van der Waals surface area contributed by atoms with Crippen molar-refractivity contribution in [2.24, 2.45) is 5.73 Å². The summed E-state index contributed by atoms with van der Waals surface area (Å²) in [6, 6.07) is 1.27. The van der Waals surface area contributed by atoms with Gasteiger partial charge >= 0.3 is 0 Å². The Kier molecular flexibility index (Phi) is 2.22. The Balaban J connectivity index is 2.15. The average Bonchev–Trinajstić information content (AvgIpc) is 2.71. The van der Waals surface area contributed by atoms with Gasteiger partial charge in [-0.15, -0.1) is 0 Å². The van der Waals surface area contributed by atoms with Crippen molar-refractivity contribution < 1.29 is 4.42 Å². The van der Waals surface area contributed by atoms with Gasteiger partial charge < -0.3 is 15.1 Å². The SMILES string of the molecule is CC1CCCN1c1nc(CN)co1. The van der Waals surface area contributed by atoms with Crippen LogP contribution in [0, 0.1) is 0 Å². The molecule has 4 nitrogen and oxygen atoms in total. The number of nitrogens with two attached hydrogens (primary N) is 1. The highest BCUT2D eigenvalue weighted by molar-refractivity contribution is 5.30. The second kappa shape index (κ2) is 3.38. The third kappa shape index (κ3) is 1.54. The molecule has 0 aliphatic carbocycles. The van der Waals surface area contributed by atoms with E-state index < -0.39 is 0 Å². The minimum absolute atomic E-state index is 0.450. The Morgan fingerprint density at radius 3 is 3.15 bits per heavy atom. The fourth-order valence-electron chi connectivity index (χ4n) is 1.74. The van der Waals surface area contributed by atoms with Gasteiger partial charge in [-0.05, 0) is 19.8 Å². The predicted molar refractivity (Wildman–Crippen MR) is 50.4 cm³/mol. The lowest BCUT2D eigenvalue weighted by Gasteiger charge is -2.18. The molecular formula is C9H15N3O. The van der Waals surface area contributed by atoms with Crippen molar-refractivity contribution in [3.63, 3.8) is 0 Å². The van der Waals surface area contributed by atoms with Gasteiger partial charge in [0.05, 0.1) is 5.69 Å². The van der Waals surface area contributed by atoms with Crippen LogP contribution >= 0.6 is 0 Å². The maximum atomic E-state index is 5.46. The Morgan fingerprint density at radius 2 is 2.62 bits per heavy atom. The van der Waals surface area contributed by atoms with Crippen molar-refractivity contribution in [2.75, 3.05) is 11.4 Å². The van der Waals surface area contributed by atoms with E-state index in [2.05, 4.69) is 16.8 Å². The van der Waals surface area contributed by atoms with E-state index in [4.69, 9.17) is 10.2 Å². The van der Waals surface area contributed by atoms with E-state index in [-0.39, 0.29) is 0 Å². The number of hydrogen-bond acceptors (Lipinski definition) is 4. The summed E-state index contributed by atoms with van der Waals surface area (Å²) in [5.74, 6) is 0. The molecular weight excluding hydrogens is 166 g/mol. The number of hydrogen-bond donors (Lipinski definition) is 1. The molecule has 1 aromatic heterocycles. The Bertz CT molecular complexity index is 284.